The fourth-order valence-electron chi connectivity index (χ4n) is 0.807. The van der Waals surface area contributed by atoms with E-state index in [1.165, 1.54) is 11.5 Å². The van der Waals surface area contributed by atoms with Gasteiger partial charge in [0.1, 0.15) is 5.03 Å². The number of nitrogens with zero attached hydrogens (tertiary/aromatic N) is 1. The van der Waals surface area contributed by atoms with Gasteiger partial charge in [-0.05, 0) is 29.7 Å². The molecule has 1 aromatic carbocycles. The zero-order valence-electron chi connectivity index (χ0n) is 6.23. The van der Waals surface area contributed by atoms with Crippen LogP contribution in [0.4, 0.5) is 0 Å². The maximum atomic E-state index is 4.20. The van der Waals surface area contributed by atoms with Gasteiger partial charge in [0.2, 0.25) is 0 Å². The Bertz CT molecular complexity index is 329. The van der Waals surface area contributed by atoms with Crippen LogP contribution in [0.2, 0.25) is 0 Å². The van der Waals surface area contributed by atoms with Gasteiger partial charge in [-0.1, -0.05) is 30.0 Å². The molecule has 0 amide bonds. The van der Waals surface area contributed by atoms with E-state index in [0.717, 1.165) is 9.92 Å². The van der Waals surface area contributed by atoms with Gasteiger partial charge in [-0.2, -0.15) is 4.37 Å². The van der Waals surface area contributed by atoms with Crippen LogP contribution in [-0.2, 0) is 0 Å². The minimum Gasteiger partial charge on any atom is -0.186 e. The van der Waals surface area contributed by atoms with E-state index in [-0.39, 0.29) is 0 Å². The summed E-state index contributed by atoms with van der Waals surface area (Å²) in [6.45, 7) is 0. The van der Waals surface area contributed by atoms with Crippen molar-refractivity contribution in [3.05, 3.63) is 41.8 Å². The van der Waals surface area contributed by atoms with Crippen LogP contribution in [0.3, 0.4) is 0 Å². The largest absolute Gasteiger partial charge is 0.186 e. The number of hydrogen-bond donors (Lipinski definition) is 0. The molecule has 0 bridgehead atoms. The summed E-state index contributed by atoms with van der Waals surface area (Å²) in [6, 6.07) is 13.1. The molecule has 0 spiro atoms. The van der Waals surface area contributed by atoms with Crippen LogP contribution in [0.25, 0.3) is 0 Å². The summed E-state index contributed by atoms with van der Waals surface area (Å²) in [7, 11) is 0. The highest BCUT2D eigenvalue weighted by molar-refractivity contribution is 7.99. The Morgan fingerprint density at radius 2 is 2.33 bits per heavy atom. The standard InChI is InChI=1S/C9H6NS2/c1-2-4-8(5-3-1)12-9-6-7-11-10-9/h1-4,6-7H. The summed E-state index contributed by atoms with van der Waals surface area (Å²) in [5, 5.41) is 3.02. The van der Waals surface area contributed by atoms with Gasteiger partial charge < -0.3 is 0 Å². The molecule has 2 rings (SSSR count). The summed E-state index contributed by atoms with van der Waals surface area (Å²) in [4.78, 5) is 1.11. The summed E-state index contributed by atoms with van der Waals surface area (Å²) in [5.41, 5.74) is 0. The quantitative estimate of drug-likeness (QED) is 0.725. The number of hydrogen-bond acceptors (Lipinski definition) is 3. The van der Waals surface area contributed by atoms with Crippen LogP contribution in [0.1, 0.15) is 0 Å². The Balaban J connectivity index is 2.15. The van der Waals surface area contributed by atoms with E-state index in [0.29, 0.717) is 0 Å². The molecular formula is C9H6NS2. The van der Waals surface area contributed by atoms with Crippen molar-refractivity contribution < 1.29 is 0 Å². The molecule has 0 N–H and O–H groups in total. The van der Waals surface area contributed by atoms with Gasteiger partial charge in [0, 0.05) is 10.3 Å². The van der Waals surface area contributed by atoms with Crippen molar-refractivity contribution in [3.63, 3.8) is 0 Å². The zero-order chi connectivity index (χ0) is 8.23. The maximum Gasteiger partial charge on any atom is 0.115 e. The van der Waals surface area contributed by atoms with Crippen LogP contribution >= 0.6 is 23.3 Å². The first-order valence-corrected chi connectivity index (χ1v) is 5.15. The Morgan fingerprint density at radius 3 is 3.00 bits per heavy atom. The van der Waals surface area contributed by atoms with Gasteiger partial charge in [-0.25, -0.2) is 0 Å². The second-order valence-corrected chi connectivity index (χ2v) is 3.89. The Morgan fingerprint density at radius 1 is 1.33 bits per heavy atom. The van der Waals surface area contributed by atoms with Crippen LogP contribution in [-0.4, -0.2) is 4.37 Å². The average molecular weight is 192 g/mol. The molecule has 3 heteroatoms. The zero-order valence-corrected chi connectivity index (χ0v) is 7.86. The minimum absolute atomic E-state index is 1.04. The monoisotopic (exact) mass is 192 g/mol. The van der Waals surface area contributed by atoms with Crippen molar-refractivity contribution in [1.29, 1.82) is 0 Å². The lowest BCUT2D eigenvalue weighted by molar-refractivity contribution is 1.28. The second-order valence-electron chi connectivity index (χ2n) is 2.17. The summed E-state index contributed by atoms with van der Waals surface area (Å²) in [6.07, 6.45) is 0. The third kappa shape index (κ3) is 1.87. The second kappa shape index (κ2) is 3.74. The number of aromatic nitrogens is 1. The molecule has 12 heavy (non-hydrogen) atoms. The smallest absolute Gasteiger partial charge is 0.115 e. The van der Waals surface area contributed by atoms with Crippen LogP contribution in [0.15, 0.2) is 45.6 Å². The summed E-state index contributed by atoms with van der Waals surface area (Å²) in [5.74, 6) is 0. The lowest BCUT2D eigenvalue weighted by Gasteiger charge is -1.93. The Kier molecular flexibility index (Phi) is 2.44. The van der Waals surface area contributed by atoms with Crippen LogP contribution < -0.4 is 0 Å². The minimum atomic E-state index is 1.04. The first-order valence-electron chi connectivity index (χ1n) is 3.50. The van der Waals surface area contributed by atoms with E-state index in [2.05, 4.69) is 10.4 Å². The topological polar surface area (TPSA) is 12.9 Å². The molecule has 0 aliphatic heterocycles. The van der Waals surface area contributed by atoms with Crippen LogP contribution in [0.5, 0.6) is 0 Å². The highest BCUT2D eigenvalue weighted by atomic mass is 32.2. The summed E-state index contributed by atoms with van der Waals surface area (Å²) >= 11 is 3.11. The van der Waals surface area contributed by atoms with Gasteiger partial charge >= 0.3 is 0 Å². The molecule has 1 aromatic heterocycles. The molecular weight excluding hydrogens is 186 g/mol. The van der Waals surface area contributed by atoms with Crippen molar-refractivity contribution in [3.8, 4) is 0 Å². The number of rotatable bonds is 2. The van der Waals surface area contributed by atoms with Crippen molar-refractivity contribution in [2.24, 2.45) is 0 Å². The highest BCUT2D eigenvalue weighted by Crippen LogP contribution is 2.25. The van der Waals surface area contributed by atoms with Crippen molar-refractivity contribution in [1.82, 2.24) is 4.37 Å². The molecule has 1 heterocycles. The molecule has 2 aromatic rings. The molecule has 1 radical (unpaired) electrons. The first kappa shape index (κ1) is 7.83. The predicted octanol–water partition coefficient (Wildman–Crippen LogP) is 3.09. The average Bonchev–Trinajstić information content (AvgIpc) is 2.59. The van der Waals surface area contributed by atoms with Crippen molar-refractivity contribution >= 4 is 23.3 Å². The van der Waals surface area contributed by atoms with E-state index in [9.17, 15) is 0 Å². The molecule has 1 nitrogen and oxygen atoms in total. The van der Waals surface area contributed by atoms with E-state index >= 15 is 0 Å². The van der Waals surface area contributed by atoms with E-state index < -0.39 is 0 Å². The van der Waals surface area contributed by atoms with Gasteiger partial charge in [-0.15, -0.1) is 0 Å². The maximum absolute atomic E-state index is 4.20. The van der Waals surface area contributed by atoms with Gasteiger partial charge in [0.15, 0.2) is 0 Å². The van der Waals surface area contributed by atoms with E-state index in [1.807, 2.05) is 35.7 Å². The van der Waals surface area contributed by atoms with Gasteiger partial charge in [-0.3, -0.25) is 0 Å². The van der Waals surface area contributed by atoms with Crippen LogP contribution in [0, 0.1) is 6.07 Å². The van der Waals surface area contributed by atoms with Crippen molar-refractivity contribution in [2.45, 2.75) is 9.92 Å². The highest BCUT2D eigenvalue weighted by Gasteiger charge is 1.96. The molecule has 0 aliphatic carbocycles. The lowest BCUT2D eigenvalue weighted by Crippen LogP contribution is -1.70. The molecule has 0 aliphatic rings. The third-order valence-corrected chi connectivity index (χ3v) is 2.90. The summed E-state index contributed by atoms with van der Waals surface area (Å²) < 4.78 is 4.20. The lowest BCUT2D eigenvalue weighted by atomic mass is 10.4. The molecule has 0 saturated carbocycles. The molecule has 0 atom stereocenters. The normalized spacial score (nSPS) is 10.0. The fourth-order valence-corrected chi connectivity index (χ4v) is 2.22. The first-order chi connectivity index (χ1) is 5.95. The van der Waals surface area contributed by atoms with Crippen molar-refractivity contribution in [2.75, 3.05) is 0 Å². The molecule has 0 saturated heterocycles. The fraction of sp³-hybridized carbons (Fsp3) is 0. The molecule has 0 fully saturated rings. The molecule has 59 valence electrons. The number of benzene rings is 1. The SMILES string of the molecule is [c]1ccccc1Sc1ccsn1. The Hall–Kier alpha value is -0.800. The van der Waals surface area contributed by atoms with Gasteiger partial charge in [0.05, 0.1) is 0 Å². The molecule has 0 unspecified atom stereocenters. The predicted molar refractivity (Wildman–Crippen MR) is 51.5 cm³/mol. The van der Waals surface area contributed by atoms with E-state index in [1.54, 1.807) is 11.8 Å². The Labute approximate surface area is 79.6 Å². The van der Waals surface area contributed by atoms with Gasteiger partial charge in [0.25, 0.3) is 0 Å². The third-order valence-electron chi connectivity index (χ3n) is 1.31. The van der Waals surface area contributed by atoms with E-state index in [4.69, 9.17) is 0 Å².